The molecule has 1 aromatic heterocycles. The molecule has 120 valence electrons. The first kappa shape index (κ1) is 15.5. The van der Waals surface area contributed by atoms with Gasteiger partial charge in [0.25, 0.3) is 5.91 Å². The first-order valence-corrected chi connectivity index (χ1v) is 7.04. The maximum atomic E-state index is 13.6. The highest BCUT2D eigenvalue weighted by Gasteiger charge is 2.15. The van der Waals surface area contributed by atoms with Gasteiger partial charge in [-0.25, -0.2) is 18.7 Å². The quantitative estimate of drug-likeness (QED) is 0.766. The molecule has 0 atom stereocenters. The van der Waals surface area contributed by atoms with Crippen LogP contribution in [0, 0.1) is 11.6 Å². The van der Waals surface area contributed by atoms with Crippen molar-refractivity contribution in [3.05, 3.63) is 78.1 Å². The lowest BCUT2D eigenvalue weighted by molar-refractivity contribution is 0.102. The van der Waals surface area contributed by atoms with Crippen LogP contribution in [0.4, 0.5) is 26.1 Å². The Bertz CT molecular complexity index is 851. The first-order chi connectivity index (χ1) is 11.6. The molecule has 3 rings (SSSR count). The monoisotopic (exact) mass is 326 g/mol. The van der Waals surface area contributed by atoms with Crippen LogP contribution in [-0.2, 0) is 0 Å². The van der Waals surface area contributed by atoms with Gasteiger partial charge in [-0.1, -0.05) is 24.3 Å². The Kier molecular flexibility index (Phi) is 4.42. The van der Waals surface area contributed by atoms with Crippen LogP contribution >= 0.6 is 0 Å². The number of aromatic nitrogens is 2. The van der Waals surface area contributed by atoms with Crippen molar-refractivity contribution in [3.8, 4) is 0 Å². The second-order valence-electron chi connectivity index (χ2n) is 4.81. The minimum absolute atomic E-state index is 0.0221. The Morgan fingerprint density at radius 3 is 2.33 bits per heavy atom. The molecule has 0 saturated carbocycles. The van der Waals surface area contributed by atoms with Gasteiger partial charge < -0.3 is 10.6 Å². The van der Waals surface area contributed by atoms with Crippen LogP contribution in [0.5, 0.6) is 0 Å². The lowest BCUT2D eigenvalue weighted by Gasteiger charge is -2.08. The molecule has 0 unspecified atom stereocenters. The second-order valence-corrected chi connectivity index (χ2v) is 4.81. The van der Waals surface area contributed by atoms with E-state index in [1.54, 1.807) is 0 Å². The number of benzene rings is 2. The van der Waals surface area contributed by atoms with Crippen LogP contribution < -0.4 is 10.6 Å². The average molecular weight is 326 g/mol. The Morgan fingerprint density at radius 2 is 1.62 bits per heavy atom. The van der Waals surface area contributed by atoms with Crippen molar-refractivity contribution in [2.75, 3.05) is 10.6 Å². The third kappa shape index (κ3) is 3.52. The highest BCUT2D eigenvalue weighted by Crippen LogP contribution is 2.19. The van der Waals surface area contributed by atoms with Crippen molar-refractivity contribution in [3.63, 3.8) is 0 Å². The SMILES string of the molecule is O=C(Nc1c(F)cccc1F)c1ccnc(Nc2ccccc2)n1. The number of carbonyl (C=O) groups excluding carboxylic acids is 1. The molecule has 0 saturated heterocycles. The number of carbonyl (C=O) groups is 1. The van der Waals surface area contributed by atoms with Crippen LogP contribution in [0.1, 0.15) is 10.5 Å². The van der Waals surface area contributed by atoms with Crippen molar-refractivity contribution in [1.29, 1.82) is 0 Å². The van der Waals surface area contributed by atoms with E-state index in [1.165, 1.54) is 18.3 Å². The molecule has 0 aliphatic heterocycles. The number of hydrogen-bond donors (Lipinski definition) is 2. The first-order valence-electron chi connectivity index (χ1n) is 7.04. The standard InChI is InChI=1S/C17H12F2N4O/c18-12-7-4-8-13(19)15(12)23-16(24)14-9-10-20-17(22-14)21-11-5-2-1-3-6-11/h1-10H,(H,23,24)(H,20,21,22). The topological polar surface area (TPSA) is 66.9 Å². The molecule has 0 radical (unpaired) electrons. The lowest BCUT2D eigenvalue weighted by Crippen LogP contribution is -2.16. The highest BCUT2D eigenvalue weighted by atomic mass is 19.1. The van der Waals surface area contributed by atoms with Gasteiger partial charge in [0.2, 0.25) is 5.95 Å². The van der Waals surface area contributed by atoms with Gasteiger partial charge >= 0.3 is 0 Å². The number of anilines is 3. The Hall–Kier alpha value is -3.35. The van der Waals surface area contributed by atoms with Gasteiger partial charge in [-0.3, -0.25) is 4.79 Å². The Balaban J connectivity index is 1.80. The number of hydrogen-bond acceptors (Lipinski definition) is 4. The van der Waals surface area contributed by atoms with E-state index in [1.807, 2.05) is 30.3 Å². The average Bonchev–Trinajstić information content (AvgIpc) is 2.59. The molecule has 7 heteroatoms. The molecule has 0 aliphatic carbocycles. The fraction of sp³-hybridized carbons (Fsp3) is 0. The summed E-state index contributed by atoms with van der Waals surface area (Å²) in [5, 5.41) is 5.11. The molecule has 24 heavy (non-hydrogen) atoms. The van der Waals surface area contributed by atoms with Crippen molar-refractivity contribution >= 4 is 23.2 Å². The third-order valence-electron chi connectivity index (χ3n) is 3.12. The molecule has 0 fully saturated rings. The maximum Gasteiger partial charge on any atom is 0.274 e. The summed E-state index contributed by atoms with van der Waals surface area (Å²) in [4.78, 5) is 20.2. The summed E-state index contributed by atoms with van der Waals surface area (Å²) in [6.45, 7) is 0. The number of rotatable bonds is 4. The minimum atomic E-state index is -0.861. The summed E-state index contributed by atoms with van der Waals surface area (Å²) in [7, 11) is 0. The van der Waals surface area contributed by atoms with E-state index in [2.05, 4.69) is 20.6 Å². The zero-order chi connectivity index (χ0) is 16.9. The third-order valence-corrected chi connectivity index (χ3v) is 3.12. The van der Waals surface area contributed by atoms with Crippen molar-refractivity contribution in [2.24, 2.45) is 0 Å². The Labute approximate surface area is 136 Å². The van der Waals surface area contributed by atoms with Crippen LogP contribution in [0.15, 0.2) is 60.8 Å². The van der Waals surface area contributed by atoms with Crippen molar-refractivity contribution < 1.29 is 13.6 Å². The van der Waals surface area contributed by atoms with Crippen molar-refractivity contribution in [1.82, 2.24) is 9.97 Å². The molecule has 5 nitrogen and oxygen atoms in total. The highest BCUT2D eigenvalue weighted by molar-refractivity contribution is 6.03. The number of para-hydroxylation sites is 2. The van der Waals surface area contributed by atoms with E-state index < -0.39 is 23.2 Å². The summed E-state index contributed by atoms with van der Waals surface area (Å²) in [6, 6.07) is 13.8. The summed E-state index contributed by atoms with van der Waals surface area (Å²) in [5.41, 5.74) is 0.208. The molecule has 2 N–H and O–H groups in total. The predicted molar refractivity (Wildman–Crippen MR) is 86.1 cm³/mol. The van der Waals surface area contributed by atoms with E-state index in [4.69, 9.17) is 0 Å². The van der Waals surface area contributed by atoms with Gasteiger partial charge in [0, 0.05) is 11.9 Å². The van der Waals surface area contributed by atoms with Crippen LogP contribution in [-0.4, -0.2) is 15.9 Å². The van der Waals surface area contributed by atoms with Crippen LogP contribution in [0.3, 0.4) is 0 Å². The second kappa shape index (κ2) is 6.82. The van der Waals surface area contributed by atoms with Gasteiger partial charge in [-0.15, -0.1) is 0 Å². The summed E-state index contributed by atoms with van der Waals surface area (Å²) >= 11 is 0. The van der Waals surface area contributed by atoms with Crippen LogP contribution in [0.25, 0.3) is 0 Å². The van der Waals surface area contributed by atoms with Gasteiger partial charge in [0.15, 0.2) is 0 Å². The summed E-state index contributed by atoms with van der Waals surface area (Å²) in [6.07, 6.45) is 1.38. The van der Waals surface area contributed by atoms with Gasteiger partial charge in [-0.2, -0.15) is 0 Å². The van der Waals surface area contributed by atoms with Gasteiger partial charge in [0.05, 0.1) is 0 Å². The van der Waals surface area contributed by atoms with E-state index in [9.17, 15) is 13.6 Å². The minimum Gasteiger partial charge on any atom is -0.324 e. The zero-order valence-electron chi connectivity index (χ0n) is 12.3. The fourth-order valence-electron chi connectivity index (χ4n) is 1.99. The van der Waals surface area contributed by atoms with Gasteiger partial charge in [0.1, 0.15) is 23.0 Å². The van der Waals surface area contributed by atoms with Crippen LogP contribution in [0.2, 0.25) is 0 Å². The normalized spacial score (nSPS) is 10.2. The lowest BCUT2D eigenvalue weighted by atomic mass is 10.2. The molecule has 2 aromatic carbocycles. The number of amides is 1. The maximum absolute atomic E-state index is 13.6. The molecule has 0 aliphatic rings. The summed E-state index contributed by atoms with van der Waals surface area (Å²) < 4.78 is 27.2. The largest absolute Gasteiger partial charge is 0.324 e. The fourth-order valence-corrected chi connectivity index (χ4v) is 1.99. The number of halogens is 2. The smallest absolute Gasteiger partial charge is 0.274 e. The number of nitrogens with zero attached hydrogens (tertiary/aromatic N) is 2. The van der Waals surface area contributed by atoms with E-state index >= 15 is 0 Å². The Morgan fingerprint density at radius 1 is 0.917 bits per heavy atom. The van der Waals surface area contributed by atoms with E-state index in [0.29, 0.717) is 0 Å². The molecule has 0 spiro atoms. The molecular weight excluding hydrogens is 314 g/mol. The zero-order valence-corrected chi connectivity index (χ0v) is 12.3. The predicted octanol–water partition coefficient (Wildman–Crippen LogP) is 3.75. The van der Waals surface area contributed by atoms with E-state index in [-0.39, 0.29) is 11.6 Å². The molecule has 3 aromatic rings. The van der Waals surface area contributed by atoms with Gasteiger partial charge in [-0.05, 0) is 30.3 Å². The molecule has 1 amide bonds. The van der Waals surface area contributed by atoms with Crippen molar-refractivity contribution in [2.45, 2.75) is 0 Å². The molecule has 1 heterocycles. The summed E-state index contributed by atoms with van der Waals surface area (Å²) in [5.74, 6) is -2.26. The number of nitrogens with one attached hydrogen (secondary N) is 2. The van der Waals surface area contributed by atoms with E-state index in [0.717, 1.165) is 17.8 Å². The molecule has 0 bridgehead atoms. The molecular formula is C17H12F2N4O.